The summed E-state index contributed by atoms with van der Waals surface area (Å²) in [6.07, 6.45) is 11.9. The molecule has 0 aromatic carbocycles. The average Bonchev–Trinajstić information content (AvgIpc) is 2.15. The third-order valence-electron chi connectivity index (χ3n) is 2.69. The van der Waals surface area contributed by atoms with E-state index in [-0.39, 0.29) is 8.80 Å². The van der Waals surface area contributed by atoms with Gasteiger partial charge in [-0.05, 0) is 5.92 Å². The van der Waals surface area contributed by atoms with Crippen LogP contribution in [0, 0.1) is 5.92 Å². The molecule has 0 nitrogen and oxygen atoms in total. The second-order valence-corrected chi connectivity index (χ2v) is 8.84. The lowest BCUT2D eigenvalue weighted by atomic mass is 9.86. The van der Waals surface area contributed by atoms with Gasteiger partial charge in [0.1, 0.15) is 0 Å². The van der Waals surface area contributed by atoms with Gasteiger partial charge in [0.2, 0.25) is 0 Å². The first-order valence-electron chi connectivity index (χ1n) is 6.66. The Balaban J connectivity index is 0.000000364. The topological polar surface area (TPSA) is 0 Å². The van der Waals surface area contributed by atoms with E-state index in [4.69, 9.17) is 0 Å². The molecule has 0 amide bonds. The Bertz CT molecular complexity index is 101. The van der Waals surface area contributed by atoms with Crippen LogP contribution >= 0.6 is 0 Å². The van der Waals surface area contributed by atoms with Crippen LogP contribution in [0.4, 0.5) is 0 Å². The normalized spacial score (nSPS) is 17.8. The minimum absolute atomic E-state index is 0.139. The Morgan fingerprint density at radius 1 is 1.00 bits per heavy atom. The first-order chi connectivity index (χ1) is 6.66. The number of rotatable bonds is 3. The smallest absolute Gasteiger partial charge is 0.0274 e. The molecule has 0 aromatic heterocycles. The van der Waals surface area contributed by atoms with Gasteiger partial charge < -0.3 is 0 Å². The van der Waals surface area contributed by atoms with Gasteiger partial charge in [-0.1, -0.05) is 77.9 Å². The molecule has 0 aromatic rings. The molecule has 0 atom stereocenters. The van der Waals surface area contributed by atoms with Crippen molar-refractivity contribution < 1.29 is 0 Å². The second kappa shape index (κ2) is 9.76. The molecule has 86 valence electrons. The molecule has 1 rings (SSSR count). The van der Waals surface area contributed by atoms with Crippen molar-refractivity contribution >= 4 is 8.80 Å². The maximum Gasteiger partial charge on any atom is 0.0274 e. The van der Waals surface area contributed by atoms with E-state index in [1.807, 2.05) is 0 Å². The zero-order valence-electron chi connectivity index (χ0n) is 10.8. The van der Waals surface area contributed by atoms with Gasteiger partial charge in [0.05, 0.1) is 0 Å². The summed E-state index contributed by atoms with van der Waals surface area (Å²) in [4.78, 5) is 0. The largest absolute Gasteiger partial charge is 0.0724 e. The number of hydrogen-bond donors (Lipinski definition) is 0. The van der Waals surface area contributed by atoms with Crippen LogP contribution in [-0.2, 0) is 0 Å². The Kier molecular flexibility index (Phi) is 9.91. The Hall–Kier alpha value is 0.217. The molecule has 0 heterocycles. The molecule has 0 spiro atoms. The minimum Gasteiger partial charge on any atom is -0.0724 e. The van der Waals surface area contributed by atoms with Gasteiger partial charge in [0.25, 0.3) is 0 Å². The molecule has 1 saturated carbocycles. The second-order valence-electron chi connectivity index (χ2n) is 5.38. The molecule has 1 aliphatic carbocycles. The summed E-state index contributed by atoms with van der Waals surface area (Å²) in [5.74, 6) is 1.11. The molecule has 0 N–H and O–H groups in total. The van der Waals surface area contributed by atoms with Gasteiger partial charge in [0, 0.05) is 8.80 Å². The van der Waals surface area contributed by atoms with Crippen LogP contribution in [0.1, 0.15) is 58.3 Å². The first-order valence-corrected chi connectivity index (χ1v) is 10.1. The standard InChI is InChI=1S/C10H20.C3H10Si/c1-2-3-7-10-8-5-4-6-9-10;1-4(2)3/h10H,2-9H2,1H3;4H,1-3H3. The van der Waals surface area contributed by atoms with Crippen molar-refractivity contribution in [3.8, 4) is 0 Å². The van der Waals surface area contributed by atoms with Gasteiger partial charge in [0.15, 0.2) is 0 Å². The fourth-order valence-electron chi connectivity index (χ4n) is 1.97. The predicted molar refractivity (Wildman–Crippen MR) is 70.8 cm³/mol. The van der Waals surface area contributed by atoms with E-state index in [1.165, 1.54) is 51.4 Å². The highest BCUT2D eigenvalue weighted by Gasteiger charge is 2.11. The molecule has 1 fully saturated rings. The molecule has 0 radical (unpaired) electrons. The maximum atomic E-state index is 2.31. The summed E-state index contributed by atoms with van der Waals surface area (Å²) in [5.41, 5.74) is 0. The molecule has 0 aliphatic heterocycles. The lowest BCUT2D eigenvalue weighted by Gasteiger charge is -2.20. The summed E-state index contributed by atoms with van der Waals surface area (Å²) in [7, 11) is -0.139. The van der Waals surface area contributed by atoms with Crippen molar-refractivity contribution in [2.75, 3.05) is 0 Å². The van der Waals surface area contributed by atoms with Crippen LogP contribution in [0.2, 0.25) is 19.6 Å². The van der Waals surface area contributed by atoms with E-state index < -0.39 is 0 Å². The molecule has 0 unspecified atom stereocenters. The van der Waals surface area contributed by atoms with Crippen LogP contribution < -0.4 is 0 Å². The van der Waals surface area contributed by atoms with Gasteiger partial charge in [-0.3, -0.25) is 0 Å². The Morgan fingerprint density at radius 2 is 1.50 bits per heavy atom. The monoisotopic (exact) mass is 214 g/mol. The predicted octanol–water partition coefficient (Wildman–Crippen LogP) is 4.86. The highest BCUT2D eigenvalue weighted by Crippen LogP contribution is 2.27. The van der Waals surface area contributed by atoms with Gasteiger partial charge >= 0.3 is 0 Å². The fourth-order valence-corrected chi connectivity index (χ4v) is 1.97. The zero-order valence-corrected chi connectivity index (χ0v) is 12.0. The van der Waals surface area contributed by atoms with E-state index in [2.05, 4.69) is 26.6 Å². The lowest BCUT2D eigenvalue weighted by molar-refractivity contribution is 0.331. The van der Waals surface area contributed by atoms with E-state index in [0.29, 0.717) is 0 Å². The van der Waals surface area contributed by atoms with Crippen molar-refractivity contribution in [3.05, 3.63) is 0 Å². The van der Waals surface area contributed by atoms with Crippen molar-refractivity contribution in [2.45, 2.75) is 77.9 Å². The molecule has 0 bridgehead atoms. The van der Waals surface area contributed by atoms with Crippen LogP contribution in [0.15, 0.2) is 0 Å². The van der Waals surface area contributed by atoms with Crippen molar-refractivity contribution in [2.24, 2.45) is 5.92 Å². The lowest BCUT2D eigenvalue weighted by Crippen LogP contribution is -2.05. The van der Waals surface area contributed by atoms with Gasteiger partial charge in [-0.25, -0.2) is 0 Å². The zero-order chi connectivity index (χ0) is 10.8. The number of hydrogen-bond acceptors (Lipinski definition) is 0. The molecule has 1 heteroatoms. The van der Waals surface area contributed by atoms with E-state index >= 15 is 0 Å². The first kappa shape index (κ1) is 14.2. The highest BCUT2D eigenvalue weighted by molar-refractivity contribution is 6.54. The number of unbranched alkanes of at least 4 members (excludes halogenated alkanes) is 1. The summed E-state index contributed by atoms with van der Waals surface area (Å²) in [5, 5.41) is 0. The van der Waals surface area contributed by atoms with Crippen LogP contribution in [0.5, 0.6) is 0 Å². The van der Waals surface area contributed by atoms with Gasteiger partial charge in [-0.2, -0.15) is 0 Å². The SMILES string of the molecule is CCCCC1CCCCC1.C[SiH](C)C. The van der Waals surface area contributed by atoms with Gasteiger partial charge in [-0.15, -0.1) is 0 Å². The summed E-state index contributed by atoms with van der Waals surface area (Å²) >= 11 is 0. The average molecular weight is 214 g/mol. The van der Waals surface area contributed by atoms with Crippen LogP contribution in [-0.4, -0.2) is 8.80 Å². The van der Waals surface area contributed by atoms with E-state index in [1.54, 1.807) is 0 Å². The summed E-state index contributed by atoms with van der Waals surface area (Å²) < 4.78 is 0. The van der Waals surface area contributed by atoms with Crippen LogP contribution in [0.3, 0.4) is 0 Å². The van der Waals surface area contributed by atoms with E-state index in [9.17, 15) is 0 Å². The van der Waals surface area contributed by atoms with Crippen molar-refractivity contribution in [3.63, 3.8) is 0 Å². The third-order valence-corrected chi connectivity index (χ3v) is 2.69. The molecule has 1 aliphatic rings. The third kappa shape index (κ3) is 10.3. The summed E-state index contributed by atoms with van der Waals surface area (Å²) in [6.45, 7) is 9.21. The Morgan fingerprint density at radius 3 is 1.93 bits per heavy atom. The minimum atomic E-state index is -0.139. The van der Waals surface area contributed by atoms with Crippen LogP contribution in [0.25, 0.3) is 0 Å². The molecular weight excluding hydrogens is 184 g/mol. The van der Waals surface area contributed by atoms with E-state index in [0.717, 1.165) is 5.92 Å². The Labute approximate surface area is 93.1 Å². The fraction of sp³-hybridized carbons (Fsp3) is 1.00. The summed E-state index contributed by atoms with van der Waals surface area (Å²) in [6, 6.07) is 0. The van der Waals surface area contributed by atoms with Crippen molar-refractivity contribution in [1.29, 1.82) is 0 Å². The highest BCUT2D eigenvalue weighted by atomic mass is 28.3. The maximum absolute atomic E-state index is 2.31. The molecular formula is C13H30Si. The molecule has 0 saturated heterocycles. The quantitative estimate of drug-likeness (QED) is 0.589. The van der Waals surface area contributed by atoms with Crippen molar-refractivity contribution in [1.82, 2.24) is 0 Å². The molecule has 14 heavy (non-hydrogen) atoms.